The maximum absolute atomic E-state index is 12.5. The first-order valence-electron chi connectivity index (χ1n) is 6.30. The minimum absolute atomic E-state index is 0. The van der Waals surface area contributed by atoms with Gasteiger partial charge in [-0.2, -0.15) is 0 Å². The van der Waals surface area contributed by atoms with E-state index in [2.05, 4.69) is 9.80 Å². The summed E-state index contributed by atoms with van der Waals surface area (Å²) in [4.78, 5) is 16.6. The highest BCUT2D eigenvalue weighted by molar-refractivity contribution is 8.93. The molecule has 0 unspecified atom stereocenters. The van der Waals surface area contributed by atoms with E-state index in [0.717, 1.165) is 18.7 Å². The van der Waals surface area contributed by atoms with Crippen molar-refractivity contribution in [3.8, 4) is 0 Å². The van der Waals surface area contributed by atoms with Gasteiger partial charge in [-0.05, 0) is 35.1 Å². The van der Waals surface area contributed by atoms with E-state index in [9.17, 15) is 4.79 Å². The van der Waals surface area contributed by atoms with E-state index in [0.29, 0.717) is 0 Å². The van der Waals surface area contributed by atoms with Crippen molar-refractivity contribution in [2.45, 2.75) is 6.92 Å². The van der Waals surface area contributed by atoms with Crippen molar-refractivity contribution in [1.29, 1.82) is 0 Å². The minimum atomic E-state index is 0. The molecule has 0 bridgehead atoms. The van der Waals surface area contributed by atoms with Crippen molar-refractivity contribution < 1.29 is 4.79 Å². The van der Waals surface area contributed by atoms with E-state index >= 15 is 0 Å². The van der Waals surface area contributed by atoms with Gasteiger partial charge in [-0.1, -0.05) is 29.8 Å². The second-order valence-electron chi connectivity index (χ2n) is 5.45. The van der Waals surface area contributed by atoms with E-state index in [1.54, 1.807) is 0 Å². The molecular weight excluding hydrogens is 384 g/mol. The van der Waals surface area contributed by atoms with Crippen LogP contribution >= 0.6 is 34.0 Å². The number of hydrogen-bond donors (Lipinski definition) is 0. The molecule has 0 aliphatic heterocycles. The van der Waals surface area contributed by atoms with E-state index in [-0.39, 0.29) is 45.7 Å². The van der Waals surface area contributed by atoms with Crippen molar-refractivity contribution in [2.24, 2.45) is 5.92 Å². The Bertz CT molecular complexity index is 381. The fraction of sp³-hybridized carbons (Fsp3) is 0.533. The molecule has 0 spiro atoms. The third-order valence-corrected chi connectivity index (χ3v) is 2.88. The van der Waals surface area contributed by atoms with Gasteiger partial charge in [0.25, 0.3) is 0 Å². The summed E-state index contributed by atoms with van der Waals surface area (Å²) in [6.45, 7) is 3.60. The lowest BCUT2D eigenvalue weighted by atomic mass is 9.96. The molecule has 116 valence electrons. The van der Waals surface area contributed by atoms with Crippen molar-refractivity contribution in [2.75, 3.05) is 41.3 Å². The summed E-state index contributed by atoms with van der Waals surface area (Å²) in [5.41, 5.74) is 2.00. The van der Waals surface area contributed by atoms with E-state index in [1.165, 1.54) is 5.56 Å². The van der Waals surface area contributed by atoms with E-state index in [1.807, 2.05) is 59.4 Å². The summed E-state index contributed by atoms with van der Waals surface area (Å²) < 4.78 is 0. The molecule has 1 aromatic carbocycles. The van der Waals surface area contributed by atoms with Crippen molar-refractivity contribution in [3.63, 3.8) is 0 Å². The first kappa shape index (κ1) is 22.1. The number of Topliss-reactive ketones (excluding diaryl/α,β-unsaturated/α-hetero) is 1. The van der Waals surface area contributed by atoms with Gasteiger partial charge in [-0.15, -0.1) is 34.0 Å². The first-order valence-corrected chi connectivity index (χ1v) is 6.30. The summed E-state index contributed by atoms with van der Waals surface area (Å²) >= 11 is 0. The van der Waals surface area contributed by atoms with Crippen molar-refractivity contribution in [3.05, 3.63) is 35.4 Å². The molecule has 0 atom stereocenters. The summed E-state index contributed by atoms with van der Waals surface area (Å²) in [7, 11) is 8.02. The summed E-state index contributed by atoms with van der Waals surface area (Å²) in [6, 6.07) is 7.84. The average molecular weight is 410 g/mol. The van der Waals surface area contributed by atoms with Crippen LogP contribution in [0.15, 0.2) is 24.3 Å². The number of ketones is 1. The number of benzene rings is 1. The van der Waals surface area contributed by atoms with Gasteiger partial charge < -0.3 is 9.80 Å². The molecule has 0 fully saturated rings. The van der Waals surface area contributed by atoms with Crippen LogP contribution in [0, 0.1) is 12.8 Å². The summed E-state index contributed by atoms with van der Waals surface area (Å²) in [5.74, 6) is 0.259. The lowest BCUT2D eigenvalue weighted by Crippen LogP contribution is -2.35. The van der Waals surface area contributed by atoms with E-state index < -0.39 is 0 Å². The van der Waals surface area contributed by atoms with Crippen LogP contribution in [0.2, 0.25) is 0 Å². The monoisotopic (exact) mass is 408 g/mol. The molecule has 20 heavy (non-hydrogen) atoms. The van der Waals surface area contributed by atoms with Gasteiger partial charge in [0.2, 0.25) is 0 Å². The second kappa shape index (κ2) is 10.5. The Balaban J connectivity index is 0. The molecule has 0 radical (unpaired) electrons. The van der Waals surface area contributed by atoms with Gasteiger partial charge in [-0.25, -0.2) is 0 Å². The molecule has 0 aliphatic rings. The van der Waals surface area contributed by atoms with Gasteiger partial charge in [0.05, 0.1) is 0 Å². The molecule has 1 aromatic rings. The molecule has 0 saturated heterocycles. The number of nitrogens with zero attached hydrogens (tertiary/aromatic N) is 2. The minimum Gasteiger partial charge on any atom is -0.309 e. The second-order valence-corrected chi connectivity index (χ2v) is 5.45. The Morgan fingerprint density at radius 3 is 1.70 bits per heavy atom. The Kier molecular flexibility index (Phi) is 11.6. The topological polar surface area (TPSA) is 23.6 Å². The number of rotatable bonds is 6. The van der Waals surface area contributed by atoms with Crippen LogP contribution in [0.25, 0.3) is 0 Å². The molecule has 0 amide bonds. The molecule has 0 heterocycles. The quantitative estimate of drug-likeness (QED) is 0.674. The van der Waals surface area contributed by atoms with Gasteiger partial charge in [0.15, 0.2) is 5.78 Å². The molecule has 0 aromatic heterocycles. The van der Waals surface area contributed by atoms with Crippen LogP contribution in [-0.2, 0) is 0 Å². The first-order chi connectivity index (χ1) is 8.40. The van der Waals surface area contributed by atoms with Crippen molar-refractivity contribution in [1.82, 2.24) is 9.80 Å². The Labute approximate surface area is 143 Å². The Morgan fingerprint density at radius 1 is 0.950 bits per heavy atom. The third kappa shape index (κ3) is 7.53. The lowest BCUT2D eigenvalue weighted by Gasteiger charge is -2.23. The number of hydrogen-bond acceptors (Lipinski definition) is 3. The summed E-state index contributed by atoms with van der Waals surface area (Å²) in [5, 5.41) is 0. The SMILES string of the molecule is Br.Br.Cc1ccc(C(=O)C(CN(C)C)CN(C)C)cc1. The smallest absolute Gasteiger partial charge is 0.168 e. The van der Waals surface area contributed by atoms with Crippen LogP contribution < -0.4 is 0 Å². The van der Waals surface area contributed by atoms with Crippen LogP contribution in [0.4, 0.5) is 0 Å². The fourth-order valence-electron chi connectivity index (χ4n) is 2.06. The molecular formula is C15H26Br2N2O. The Morgan fingerprint density at radius 2 is 1.35 bits per heavy atom. The predicted molar refractivity (Wildman–Crippen MR) is 96.8 cm³/mol. The van der Waals surface area contributed by atoms with E-state index in [4.69, 9.17) is 0 Å². The Hall–Kier alpha value is -0.230. The lowest BCUT2D eigenvalue weighted by molar-refractivity contribution is 0.0871. The summed E-state index contributed by atoms with van der Waals surface area (Å²) in [6.07, 6.45) is 0. The zero-order valence-corrected chi connectivity index (χ0v) is 16.3. The highest BCUT2D eigenvalue weighted by Gasteiger charge is 2.21. The maximum atomic E-state index is 12.5. The molecule has 1 rings (SSSR count). The van der Waals surface area contributed by atoms with Crippen LogP contribution in [0.1, 0.15) is 15.9 Å². The maximum Gasteiger partial charge on any atom is 0.168 e. The zero-order chi connectivity index (χ0) is 13.7. The fourth-order valence-corrected chi connectivity index (χ4v) is 2.06. The molecule has 0 N–H and O–H groups in total. The molecule has 0 aliphatic carbocycles. The van der Waals surface area contributed by atoms with Crippen molar-refractivity contribution >= 4 is 39.7 Å². The molecule has 0 saturated carbocycles. The highest BCUT2D eigenvalue weighted by Crippen LogP contribution is 2.12. The van der Waals surface area contributed by atoms with Gasteiger partial charge >= 0.3 is 0 Å². The van der Waals surface area contributed by atoms with Gasteiger partial charge in [-0.3, -0.25) is 4.79 Å². The standard InChI is InChI=1S/C15H24N2O.2BrH/c1-12-6-8-13(9-7-12)15(18)14(10-16(2)3)11-17(4)5;;/h6-9,14H,10-11H2,1-5H3;2*1H. The number of carbonyl (C=O) groups excluding carboxylic acids is 1. The van der Waals surface area contributed by atoms with Crippen LogP contribution in [-0.4, -0.2) is 56.9 Å². The van der Waals surface area contributed by atoms with Gasteiger partial charge in [0.1, 0.15) is 0 Å². The zero-order valence-electron chi connectivity index (χ0n) is 12.9. The normalized spacial score (nSPS) is 10.4. The number of carbonyl (C=O) groups is 1. The largest absolute Gasteiger partial charge is 0.309 e. The average Bonchev–Trinajstić information content (AvgIpc) is 2.27. The predicted octanol–water partition coefficient (Wildman–Crippen LogP) is 3.07. The number of halogens is 2. The van der Waals surface area contributed by atoms with Crippen LogP contribution in [0.3, 0.4) is 0 Å². The molecule has 3 nitrogen and oxygen atoms in total. The van der Waals surface area contributed by atoms with Gasteiger partial charge in [0, 0.05) is 24.6 Å². The number of aryl methyl sites for hydroxylation is 1. The van der Waals surface area contributed by atoms with Crippen LogP contribution in [0.5, 0.6) is 0 Å². The molecule has 5 heteroatoms. The third-order valence-electron chi connectivity index (χ3n) is 2.88. The highest BCUT2D eigenvalue weighted by atomic mass is 79.9.